The summed E-state index contributed by atoms with van der Waals surface area (Å²) in [6.45, 7) is 3.08. The van der Waals surface area contributed by atoms with Crippen LogP contribution in [-0.2, 0) is 0 Å². The number of aliphatic hydroxyl groups is 1. The predicted molar refractivity (Wildman–Crippen MR) is 100 cm³/mol. The van der Waals surface area contributed by atoms with Gasteiger partial charge in [0.25, 0.3) is 0 Å². The minimum atomic E-state index is -0.290. The van der Waals surface area contributed by atoms with Crippen molar-refractivity contribution in [3.63, 3.8) is 0 Å². The highest BCUT2D eigenvalue weighted by Gasteiger charge is 2.26. The molecule has 1 aliphatic rings. The van der Waals surface area contributed by atoms with Gasteiger partial charge in [0.05, 0.1) is 13.2 Å². The van der Waals surface area contributed by atoms with E-state index in [-0.39, 0.29) is 6.10 Å². The van der Waals surface area contributed by atoms with Crippen molar-refractivity contribution < 1.29 is 9.84 Å². The second-order valence-corrected chi connectivity index (χ2v) is 7.25. The van der Waals surface area contributed by atoms with E-state index in [1.165, 1.54) is 5.56 Å². The lowest BCUT2D eigenvalue weighted by atomic mass is 9.90. The van der Waals surface area contributed by atoms with Crippen molar-refractivity contribution in [2.75, 3.05) is 26.7 Å². The van der Waals surface area contributed by atoms with Gasteiger partial charge in [-0.3, -0.25) is 4.90 Å². The van der Waals surface area contributed by atoms with Gasteiger partial charge in [-0.2, -0.15) is 0 Å². The molecule has 0 spiro atoms. The zero-order valence-electron chi connectivity index (χ0n) is 14.1. The van der Waals surface area contributed by atoms with Gasteiger partial charge in [0, 0.05) is 11.4 Å². The van der Waals surface area contributed by atoms with Crippen LogP contribution in [0.3, 0.4) is 0 Å². The fourth-order valence-corrected chi connectivity index (χ4v) is 4.00. The molecule has 4 heteroatoms. The van der Waals surface area contributed by atoms with Crippen LogP contribution in [0, 0.1) is 5.92 Å². The van der Waals surface area contributed by atoms with Crippen LogP contribution in [0.4, 0.5) is 0 Å². The number of ether oxygens (including phenoxy) is 1. The average Bonchev–Trinajstić information content (AvgIpc) is 3.17. The molecule has 2 heterocycles. The van der Waals surface area contributed by atoms with Gasteiger partial charge in [0.2, 0.25) is 0 Å². The lowest BCUT2D eigenvalue weighted by Gasteiger charge is -2.33. The molecule has 1 N–H and O–H groups in total. The summed E-state index contributed by atoms with van der Waals surface area (Å²) in [5.74, 6) is 1.28. The largest absolute Gasteiger partial charge is 0.497 e. The third kappa shape index (κ3) is 4.47. The first-order valence-electron chi connectivity index (χ1n) is 8.50. The lowest BCUT2D eigenvalue weighted by molar-refractivity contribution is 0.0646. The van der Waals surface area contributed by atoms with Crippen LogP contribution in [0.15, 0.2) is 47.9 Å². The van der Waals surface area contributed by atoms with Crippen molar-refractivity contribution in [2.24, 2.45) is 5.92 Å². The number of hydrogen-bond donors (Lipinski definition) is 1. The number of rotatable bonds is 6. The molecule has 24 heavy (non-hydrogen) atoms. The smallest absolute Gasteiger partial charge is 0.118 e. The van der Waals surface area contributed by atoms with E-state index in [9.17, 15) is 5.11 Å². The molecule has 1 unspecified atom stereocenters. The van der Waals surface area contributed by atoms with Crippen LogP contribution in [0.25, 0.3) is 6.08 Å². The minimum absolute atomic E-state index is 0.290. The standard InChI is InChI=1S/C20H25NO2S/c1-23-18-8-6-16(7-9-18)4-2-12-21-13-10-17(11-14-21)20(22)19-5-3-15-24-19/h2-9,15,17,20,22H,10-14H2,1H3/b4-2+. The van der Waals surface area contributed by atoms with Crippen molar-refractivity contribution in [2.45, 2.75) is 18.9 Å². The van der Waals surface area contributed by atoms with Gasteiger partial charge in [-0.15, -0.1) is 11.3 Å². The van der Waals surface area contributed by atoms with Crippen molar-refractivity contribution in [3.05, 3.63) is 58.3 Å². The third-order valence-corrected chi connectivity index (χ3v) is 5.65. The number of nitrogens with zero attached hydrogens (tertiary/aromatic N) is 1. The number of aliphatic hydroxyl groups excluding tert-OH is 1. The maximum absolute atomic E-state index is 10.5. The Labute approximate surface area is 148 Å². The van der Waals surface area contributed by atoms with Gasteiger partial charge < -0.3 is 9.84 Å². The molecule has 1 aromatic carbocycles. The first-order valence-corrected chi connectivity index (χ1v) is 9.38. The maximum Gasteiger partial charge on any atom is 0.118 e. The number of piperidine rings is 1. The van der Waals surface area contributed by atoms with E-state index < -0.39 is 0 Å². The highest BCUT2D eigenvalue weighted by Crippen LogP contribution is 2.32. The Morgan fingerprint density at radius 2 is 2.00 bits per heavy atom. The van der Waals surface area contributed by atoms with Crippen molar-refractivity contribution in [1.82, 2.24) is 4.90 Å². The maximum atomic E-state index is 10.5. The monoisotopic (exact) mass is 343 g/mol. The first kappa shape index (κ1) is 17.2. The van der Waals surface area contributed by atoms with E-state index in [1.807, 2.05) is 29.6 Å². The zero-order valence-corrected chi connectivity index (χ0v) is 14.9. The summed E-state index contributed by atoms with van der Waals surface area (Å²) in [6.07, 6.45) is 6.22. The quantitative estimate of drug-likeness (QED) is 0.852. The highest BCUT2D eigenvalue weighted by atomic mass is 32.1. The lowest BCUT2D eigenvalue weighted by Crippen LogP contribution is -2.35. The summed E-state index contributed by atoms with van der Waals surface area (Å²) < 4.78 is 5.17. The van der Waals surface area contributed by atoms with Gasteiger partial charge >= 0.3 is 0 Å². The molecular weight excluding hydrogens is 318 g/mol. The van der Waals surface area contributed by atoms with Crippen LogP contribution in [0.1, 0.15) is 29.4 Å². The van der Waals surface area contributed by atoms with Crippen LogP contribution in [-0.4, -0.2) is 36.8 Å². The Kier molecular flexibility index (Phi) is 6.07. The minimum Gasteiger partial charge on any atom is -0.497 e. The third-order valence-electron chi connectivity index (χ3n) is 4.70. The number of thiophene rings is 1. The topological polar surface area (TPSA) is 32.7 Å². The highest BCUT2D eigenvalue weighted by molar-refractivity contribution is 7.10. The molecule has 0 aliphatic carbocycles. The second kappa shape index (κ2) is 8.47. The van der Waals surface area contributed by atoms with E-state index in [4.69, 9.17) is 4.74 Å². The van der Waals surface area contributed by atoms with E-state index in [0.29, 0.717) is 5.92 Å². The van der Waals surface area contributed by atoms with Crippen LogP contribution in [0.2, 0.25) is 0 Å². The van der Waals surface area contributed by atoms with Crippen molar-refractivity contribution in [3.8, 4) is 5.75 Å². The second-order valence-electron chi connectivity index (χ2n) is 6.27. The fraction of sp³-hybridized carbons (Fsp3) is 0.400. The average molecular weight is 343 g/mol. The van der Waals surface area contributed by atoms with Crippen LogP contribution < -0.4 is 4.74 Å². The predicted octanol–water partition coefficient (Wildman–Crippen LogP) is 4.22. The summed E-state index contributed by atoms with van der Waals surface area (Å²) in [5.41, 5.74) is 1.19. The Balaban J connectivity index is 1.44. The van der Waals surface area contributed by atoms with E-state index in [2.05, 4.69) is 29.2 Å². The van der Waals surface area contributed by atoms with Crippen molar-refractivity contribution in [1.29, 1.82) is 0 Å². The molecule has 3 nitrogen and oxygen atoms in total. The number of likely N-dealkylation sites (tertiary alicyclic amines) is 1. The molecule has 3 rings (SSSR count). The Hall–Kier alpha value is -1.62. The first-order chi connectivity index (χ1) is 11.8. The van der Waals surface area contributed by atoms with Gasteiger partial charge in [0.15, 0.2) is 0 Å². The molecule has 0 radical (unpaired) electrons. The normalized spacial score (nSPS) is 18.1. The molecule has 1 aromatic heterocycles. The van der Waals surface area contributed by atoms with Gasteiger partial charge in [0.1, 0.15) is 5.75 Å². The molecule has 1 fully saturated rings. The molecule has 2 aromatic rings. The molecule has 0 saturated carbocycles. The molecule has 1 saturated heterocycles. The number of methoxy groups -OCH3 is 1. The fourth-order valence-electron chi connectivity index (χ4n) is 3.20. The summed E-state index contributed by atoms with van der Waals surface area (Å²) in [6, 6.07) is 12.2. The summed E-state index contributed by atoms with van der Waals surface area (Å²) in [4.78, 5) is 3.56. The molecule has 0 amide bonds. The summed E-state index contributed by atoms with van der Waals surface area (Å²) in [5, 5.41) is 12.5. The zero-order chi connectivity index (χ0) is 16.8. The number of benzene rings is 1. The molecule has 1 aliphatic heterocycles. The summed E-state index contributed by atoms with van der Waals surface area (Å²) in [7, 11) is 1.68. The van der Waals surface area contributed by atoms with E-state index >= 15 is 0 Å². The van der Waals surface area contributed by atoms with Gasteiger partial charge in [-0.1, -0.05) is 30.4 Å². The van der Waals surface area contributed by atoms with Crippen LogP contribution >= 0.6 is 11.3 Å². The van der Waals surface area contributed by atoms with Gasteiger partial charge in [-0.25, -0.2) is 0 Å². The molecule has 0 bridgehead atoms. The van der Waals surface area contributed by atoms with E-state index in [1.54, 1.807) is 18.4 Å². The van der Waals surface area contributed by atoms with E-state index in [0.717, 1.165) is 43.1 Å². The summed E-state index contributed by atoms with van der Waals surface area (Å²) >= 11 is 1.66. The van der Waals surface area contributed by atoms with Gasteiger partial charge in [-0.05, 0) is 61.0 Å². The van der Waals surface area contributed by atoms with Crippen LogP contribution in [0.5, 0.6) is 5.75 Å². The number of hydrogen-bond acceptors (Lipinski definition) is 4. The molecule has 1 atom stereocenters. The van der Waals surface area contributed by atoms with Crippen molar-refractivity contribution >= 4 is 17.4 Å². The Morgan fingerprint density at radius 1 is 1.25 bits per heavy atom. The SMILES string of the molecule is COc1ccc(/C=C/CN2CCC(C(O)c3cccs3)CC2)cc1. The Bertz CT molecular complexity index is 628. The molecular formula is C20H25NO2S. The molecule has 128 valence electrons. The Morgan fingerprint density at radius 3 is 2.62 bits per heavy atom.